The average Bonchev–Trinajstić information content (AvgIpc) is 3.22. The molecule has 0 fully saturated rings. The van der Waals surface area contributed by atoms with Crippen molar-refractivity contribution >= 4 is 44.8 Å². The van der Waals surface area contributed by atoms with E-state index < -0.39 is 0 Å². The molecule has 7 heteroatoms. The van der Waals surface area contributed by atoms with Gasteiger partial charge in [0.05, 0.1) is 10.6 Å². The second kappa shape index (κ2) is 7.42. The molecule has 0 amide bonds. The number of nitrogens with zero attached hydrogens (tertiary/aromatic N) is 2. The number of thioether (sulfide) groups is 1. The molecule has 0 N–H and O–H groups in total. The summed E-state index contributed by atoms with van der Waals surface area (Å²) in [6.07, 6.45) is 0.949. The van der Waals surface area contributed by atoms with Gasteiger partial charge in [-0.2, -0.15) is 0 Å². The first-order chi connectivity index (χ1) is 11.2. The molecule has 0 spiro atoms. The van der Waals surface area contributed by atoms with Gasteiger partial charge in [-0.25, -0.2) is 0 Å². The third-order valence-electron chi connectivity index (χ3n) is 3.09. The Morgan fingerprint density at radius 1 is 1.30 bits per heavy atom. The Labute approximate surface area is 150 Å². The number of carbonyl (C=O) groups excluding carboxylic acids is 1. The number of hydrogen-bond donors (Lipinski definition) is 0. The maximum absolute atomic E-state index is 12.2. The Kier molecular flexibility index (Phi) is 5.30. The lowest BCUT2D eigenvalue weighted by molar-refractivity contribution is 0.102. The van der Waals surface area contributed by atoms with Crippen molar-refractivity contribution in [1.29, 1.82) is 0 Å². The van der Waals surface area contributed by atoms with Gasteiger partial charge in [-0.1, -0.05) is 40.7 Å². The number of ketones is 1. The van der Waals surface area contributed by atoms with Crippen LogP contribution in [0.5, 0.6) is 0 Å². The van der Waals surface area contributed by atoms with Crippen LogP contribution in [0.1, 0.15) is 21.5 Å². The number of thiophene rings is 1. The largest absolute Gasteiger partial charge is 0.411 e. The van der Waals surface area contributed by atoms with Crippen molar-refractivity contribution in [2.24, 2.45) is 0 Å². The van der Waals surface area contributed by atoms with Gasteiger partial charge < -0.3 is 4.42 Å². The lowest BCUT2D eigenvalue weighted by Gasteiger charge is -1.96. The molecule has 118 valence electrons. The zero-order chi connectivity index (χ0) is 16.2. The molecule has 0 saturated heterocycles. The minimum absolute atomic E-state index is 0.0851. The number of aromatic nitrogens is 2. The lowest BCUT2D eigenvalue weighted by atomic mass is 10.2. The maximum atomic E-state index is 12.2. The smallest absolute Gasteiger partial charge is 0.277 e. The third-order valence-corrected chi connectivity index (χ3v) is 5.67. The standard InChI is InChI=1S/C16H13BrN2O2S2/c1-2-12-6-7-14(23-12)13(20)9-22-16-19-18-15(21-16)10-4-3-5-11(17)8-10/h3-8H,2,9H2,1H3. The van der Waals surface area contributed by atoms with E-state index in [9.17, 15) is 4.79 Å². The molecule has 0 aliphatic rings. The second-order valence-electron chi connectivity index (χ2n) is 4.71. The van der Waals surface area contributed by atoms with E-state index >= 15 is 0 Å². The Hall–Kier alpha value is -1.44. The van der Waals surface area contributed by atoms with Gasteiger partial charge in [-0.15, -0.1) is 21.5 Å². The van der Waals surface area contributed by atoms with Crippen molar-refractivity contribution in [2.75, 3.05) is 5.75 Å². The summed E-state index contributed by atoms with van der Waals surface area (Å²) in [4.78, 5) is 14.2. The van der Waals surface area contributed by atoms with Crippen LogP contribution in [0.3, 0.4) is 0 Å². The first-order valence-electron chi connectivity index (χ1n) is 7.00. The van der Waals surface area contributed by atoms with Gasteiger partial charge in [0, 0.05) is 14.9 Å². The van der Waals surface area contributed by atoms with Gasteiger partial charge in [0.15, 0.2) is 5.78 Å². The van der Waals surface area contributed by atoms with Crippen LogP contribution in [-0.2, 0) is 6.42 Å². The minimum atomic E-state index is 0.0851. The van der Waals surface area contributed by atoms with Crippen molar-refractivity contribution in [2.45, 2.75) is 18.6 Å². The van der Waals surface area contributed by atoms with Crippen molar-refractivity contribution in [1.82, 2.24) is 10.2 Å². The van der Waals surface area contributed by atoms with Crippen molar-refractivity contribution in [3.05, 3.63) is 50.6 Å². The minimum Gasteiger partial charge on any atom is -0.411 e. The molecule has 2 heterocycles. The molecule has 3 aromatic rings. The number of rotatable bonds is 6. The molecule has 23 heavy (non-hydrogen) atoms. The fourth-order valence-electron chi connectivity index (χ4n) is 1.92. The van der Waals surface area contributed by atoms with E-state index in [1.165, 1.54) is 16.6 Å². The van der Waals surface area contributed by atoms with E-state index in [0.29, 0.717) is 16.9 Å². The van der Waals surface area contributed by atoms with Crippen LogP contribution in [-0.4, -0.2) is 21.7 Å². The van der Waals surface area contributed by atoms with E-state index in [0.717, 1.165) is 21.3 Å². The molecule has 3 rings (SSSR count). The Morgan fingerprint density at radius 3 is 2.91 bits per heavy atom. The van der Waals surface area contributed by atoms with Gasteiger partial charge in [0.2, 0.25) is 5.89 Å². The molecule has 0 atom stereocenters. The first kappa shape index (κ1) is 16.4. The summed E-state index contributed by atoms with van der Waals surface area (Å²) < 4.78 is 6.55. The predicted molar refractivity (Wildman–Crippen MR) is 96.2 cm³/mol. The number of benzene rings is 1. The SMILES string of the molecule is CCc1ccc(C(=O)CSc2nnc(-c3cccc(Br)c3)o2)s1. The highest BCUT2D eigenvalue weighted by atomic mass is 79.9. The van der Waals surface area contributed by atoms with Gasteiger partial charge in [0.1, 0.15) is 0 Å². The number of carbonyl (C=O) groups is 1. The van der Waals surface area contributed by atoms with Crippen LogP contribution in [0, 0.1) is 0 Å². The van der Waals surface area contributed by atoms with Crippen LogP contribution in [0.4, 0.5) is 0 Å². The molecular formula is C16H13BrN2O2S2. The fraction of sp³-hybridized carbons (Fsp3) is 0.188. The summed E-state index contributed by atoms with van der Waals surface area (Å²) in [5.74, 6) is 0.830. The molecule has 0 saturated carbocycles. The van der Waals surface area contributed by atoms with Gasteiger partial charge >= 0.3 is 0 Å². The average molecular weight is 409 g/mol. The fourth-order valence-corrected chi connectivity index (χ4v) is 3.94. The van der Waals surface area contributed by atoms with Crippen LogP contribution in [0.25, 0.3) is 11.5 Å². The van der Waals surface area contributed by atoms with Crippen molar-refractivity contribution in [3.63, 3.8) is 0 Å². The summed E-state index contributed by atoms with van der Waals surface area (Å²) in [7, 11) is 0. The number of halogens is 1. The van der Waals surface area contributed by atoms with Crippen LogP contribution in [0.2, 0.25) is 0 Å². The molecule has 0 radical (unpaired) electrons. The Bertz CT molecular complexity index is 829. The highest BCUT2D eigenvalue weighted by molar-refractivity contribution is 9.10. The highest BCUT2D eigenvalue weighted by Gasteiger charge is 2.14. The van der Waals surface area contributed by atoms with Gasteiger partial charge in [-0.05, 0) is 36.8 Å². The maximum Gasteiger partial charge on any atom is 0.277 e. The normalized spacial score (nSPS) is 10.9. The van der Waals surface area contributed by atoms with Crippen molar-refractivity contribution < 1.29 is 9.21 Å². The molecule has 0 aliphatic carbocycles. The summed E-state index contributed by atoms with van der Waals surface area (Å²) in [5, 5.41) is 8.42. The Morgan fingerprint density at radius 2 is 2.17 bits per heavy atom. The highest BCUT2D eigenvalue weighted by Crippen LogP contribution is 2.26. The molecule has 1 aromatic carbocycles. The van der Waals surface area contributed by atoms with Gasteiger partial charge in [-0.3, -0.25) is 4.79 Å². The molecular weight excluding hydrogens is 396 g/mol. The summed E-state index contributed by atoms with van der Waals surface area (Å²) in [6.45, 7) is 2.08. The van der Waals surface area contributed by atoms with Crippen LogP contribution >= 0.6 is 39.0 Å². The van der Waals surface area contributed by atoms with Gasteiger partial charge in [0.25, 0.3) is 5.22 Å². The quantitative estimate of drug-likeness (QED) is 0.419. The summed E-state index contributed by atoms with van der Waals surface area (Å²) in [5.41, 5.74) is 0.843. The third kappa shape index (κ3) is 4.10. The topological polar surface area (TPSA) is 56.0 Å². The molecule has 0 bridgehead atoms. The number of aryl methyl sites for hydroxylation is 1. The van der Waals surface area contributed by atoms with E-state index in [4.69, 9.17) is 4.42 Å². The lowest BCUT2D eigenvalue weighted by Crippen LogP contribution is -1.99. The van der Waals surface area contributed by atoms with Crippen LogP contribution < -0.4 is 0 Å². The molecule has 2 aromatic heterocycles. The van der Waals surface area contributed by atoms with E-state index in [1.54, 1.807) is 11.3 Å². The number of hydrogen-bond acceptors (Lipinski definition) is 6. The van der Waals surface area contributed by atoms with Crippen molar-refractivity contribution in [3.8, 4) is 11.5 Å². The van der Waals surface area contributed by atoms with E-state index in [-0.39, 0.29) is 5.78 Å². The molecule has 0 unspecified atom stereocenters. The zero-order valence-corrected chi connectivity index (χ0v) is 15.5. The predicted octanol–water partition coefficient (Wildman–Crippen LogP) is 5.10. The number of Topliss-reactive ketones (excluding diaryl/α,β-unsaturated/α-hetero) is 1. The summed E-state index contributed by atoms with van der Waals surface area (Å²) in [6, 6.07) is 11.5. The molecule has 4 nitrogen and oxygen atoms in total. The zero-order valence-electron chi connectivity index (χ0n) is 12.3. The first-order valence-corrected chi connectivity index (χ1v) is 9.59. The second-order valence-corrected chi connectivity index (χ2v) is 7.73. The van der Waals surface area contributed by atoms with E-state index in [1.807, 2.05) is 36.4 Å². The van der Waals surface area contributed by atoms with E-state index in [2.05, 4.69) is 33.1 Å². The summed E-state index contributed by atoms with van der Waals surface area (Å²) >= 11 is 6.22. The Balaban J connectivity index is 1.64. The molecule has 0 aliphatic heterocycles. The van der Waals surface area contributed by atoms with Crippen LogP contribution in [0.15, 0.2) is 50.5 Å². The monoisotopic (exact) mass is 408 g/mol.